The Morgan fingerprint density at radius 3 is 3.00 bits per heavy atom. The van der Waals surface area contributed by atoms with E-state index in [2.05, 4.69) is 6.92 Å². The summed E-state index contributed by atoms with van der Waals surface area (Å²) in [7, 11) is 1.55. The lowest BCUT2D eigenvalue weighted by Crippen LogP contribution is -2.35. The zero-order chi connectivity index (χ0) is 13.1. The first-order valence-electron chi connectivity index (χ1n) is 6.35. The molecule has 2 rings (SSSR count). The van der Waals surface area contributed by atoms with Crippen molar-refractivity contribution in [3.8, 4) is 11.5 Å². The predicted molar refractivity (Wildman–Crippen MR) is 69.0 cm³/mol. The number of nitrogens with zero attached hydrogens (tertiary/aromatic N) is 1. The van der Waals surface area contributed by atoms with Crippen LogP contribution in [0.3, 0.4) is 0 Å². The van der Waals surface area contributed by atoms with Crippen LogP contribution in [-0.2, 0) is 0 Å². The van der Waals surface area contributed by atoms with Gasteiger partial charge in [0.15, 0.2) is 0 Å². The fourth-order valence-corrected chi connectivity index (χ4v) is 2.50. The zero-order valence-corrected chi connectivity index (χ0v) is 10.8. The van der Waals surface area contributed by atoms with Gasteiger partial charge in [-0.2, -0.15) is 0 Å². The average molecular weight is 249 g/mol. The molecule has 1 atom stereocenters. The first kappa shape index (κ1) is 12.7. The number of phenols is 1. The Labute approximate surface area is 107 Å². The van der Waals surface area contributed by atoms with Crippen molar-refractivity contribution in [2.24, 2.45) is 0 Å². The number of hydrogen-bond donors (Lipinski definition) is 1. The lowest BCUT2D eigenvalue weighted by atomic mass is 10.1. The Kier molecular flexibility index (Phi) is 3.75. The summed E-state index contributed by atoms with van der Waals surface area (Å²) in [4.78, 5) is 14.3. The van der Waals surface area contributed by atoms with Gasteiger partial charge in [0.05, 0.1) is 12.7 Å². The zero-order valence-electron chi connectivity index (χ0n) is 10.8. The second-order valence-electron chi connectivity index (χ2n) is 4.59. The van der Waals surface area contributed by atoms with Gasteiger partial charge in [-0.25, -0.2) is 0 Å². The smallest absolute Gasteiger partial charge is 0.257 e. The van der Waals surface area contributed by atoms with Gasteiger partial charge in [0.25, 0.3) is 5.91 Å². The third-order valence-electron chi connectivity index (χ3n) is 3.54. The fourth-order valence-electron chi connectivity index (χ4n) is 2.50. The Morgan fingerprint density at radius 2 is 2.33 bits per heavy atom. The topological polar surface area (TPSA) is 49.8 Å². The molecular formula is C14H19NO3. The van der Waals surface area contributed by atoms with E-state index in [9.17, 15) is 9.90 Å². The van der Waals surface area contributed by atoms with Crippen molar-refractivity contribution in [1.29, 1.82) is 0 Å². The highest BCUT2D eigenvalue weighted by Gasteiger charge is 2.29. The van der Waals surface area contributed by atoms with E-state index >= 15 is 0 Å². The number of aromatic hydroxyl groups is 1. The molecule has 0 radical (unpaired) electrons. The van der Waals surface area contributed by atoms with Crippen molar-refractivity contribution in [2.45, 2.75) is 32.2 Å². The molecule has 1 aromatic carbocycles. The van der Waals surface area contributed by atoms with Crippen molar-refractivity contribution < 1.29 is 14.6 Å². The molecule has 1 N–H and O–H groups in total. The van der Waals surface area contributed by atoms with Crippen LogP contribution >= 0.6 is 0 Å². The van der Waals surface area contributed by atoms with Crippen LogP contribution in [-0.4, -0.2) is 35.6 Å². The summed E-state index contributed by atoms with van der Waals surface area (Å²) in [5.41, 5.74) is 0.328. The normalized spacial score (nSPS) is 19.0. The summed E-state index contributed by atoms with van der Waals surface area (Å²) < 4.78 is 5.09. The molecule has 18 heavy (non-hydrogen) atoms. The van der Waals surface area contributed by atoms with Crippen LogP contribution in [0, 0.1) is 0 Å². The molecule has 0 aromatic heterocycles. The molecule has 1 heterocycles. The number of carbonyl (C=O) groups excluding carboxylic acids is 1. The molecule has 98 valence electrons. The van der Waals surface area contributed by atoms with Gasteiger partial charge >= 0.3 is 0 Å². The van der Waals surface area contributed by atoms with E-state index in [0.717, 1.165) is 25.8 Å². The van der Waals surface area contributed by atoms with Crippen LogP contribution in [0.5, 0.6) is 11.5 Å². The molecule has 1 saturated heterocycles. The number of benzene rings is 1. The molecule has 1 aliphatic heterocycles. The first-order chi connectivity index (χ1) is 8.67. The Balaban J connectivity index is 2.27. The van der Waals surface area contributed by atoms with Crippen molar-refractivity contribution in [1.82, 2.24) is 4.90 Å². The van der Waals surface area contributed by atoms with Gasteiger partial charge < -0.3 is 14.7 Å². The summed E-state index contributed by atoms with van der Waals surface area (Å²) in [6.45, 7) is 2.86. The molecule has 0 spiro atoms. The molecule has 1 aliphatic rings. The van der Waals surface area contributed by atoms with Crippen molar-refractivity contribution >= 4 is 5.91 Å². The fraction of sp³-hybridized carbons (Fsp3) is 0.500. The molecule has 1 fully saturated rings. The third-order valence-corrected chi connectivity index (χ3v) is 3.54. The number of hydrogen-bond acceptors (Lipinski definition) is 3. The van der Waals surface area contributed by atoms with E-state index in [1.54, 1.807) is 19.2 Å². The van der Waals surface area contributed by atoms with Gasteiger partial charge in [-0.1, -0.05) is 6.92 Å². The molecule has 0 aliphatic carbocycles. The van der Waals surface area contributed by atoms with Gasteiger partial charge in [-0.3, -0.25) is 4.79 Å². The van der Waals surface area contributed by atoms with Gasteiger partial charge in [-0.05, 0) is 37.5 Å². The van der Waals surface area contributed by atoms with E-state index in [1.807, 2.05) is 4.90 Å². The highest BCUT2D eigenvalue weighted by Crippen LogP contribution is 2.28. The standard InChI is InChI=1S/C14H19NO3/c1-3-10-5-4-8-15(10)14(17)12-9-11(18-2)6-7-13(12)16/h6-7,9-10,16H,3-5,8H2,1-2H3. The lowest BCUT2D eigenvalue weighted by molar-refractivity contribution is 0.0730. The number of likely N-dealkylation sites (tertiary alicyclic amines) is 1. The minimum absolute atomic E-state index is 0.0163. The molecule has 0 bridgehead atoms. The number of rotatable bonds is 3. The van der Waals surface area contributed by atoms with E-state index in [1.165, 1.54) is 6.07 Å². The molecule has 1 aromatic rings. The van der Waals surface area contributed by atoms with Crippen LogP contribution in [0.2, 0.25) is 0 Å². The van der Waals surface area contributed by atoms with Crippen molar-refractivity contribution in [3.63, 3.8) is 0 Å². The van der Waals surface area contributed by atoms with E-state index in [0.29, 0.717) is 17.4 Å². The predicted octanol–water partition coefficient (Wildman–Crippen LogP) is 2.42. The Hall–Kier alpha value is -1.71. The maximum absolute atomic E-state index is 12.4. The Morgan fingerprint density at radius 1 is 1.56 bits per heavy atom. The number of methoxy groups -OCH3 is 1. The average Bonchev–Trinajstić information content (AvgIpc) is 2.86. The summed E-state index contributed by atoms with van der Waals surface area (Å²) in [5, 5.41) is 9.82. The van der Waals surface area contributed by atoms with Crippen molar-refractivity contribution in [3.05, 3.63) is 23.8 Å². The van der Waals surface area contributed by atoms with Gasteiger partial charge in [0.2, 0.25) is 0 Å². The van der Waals surface area contributed by atoms with Crippen LogP contribution in [0.25, 0.3) is 0 Å². The summed E-state index contributed by atoms with van der Waals surface area (Å²) in [5.74, 6) is 0.502. The van der Waals surface area contributed by atoms with Crippen LogP contribution in [0.1, 0.15) is 36.5 Å². The lowest BCUT2D eigenvalue weighted by Gasteiger charge is -2.24. The number of ether oxygens (including phenoxy) is 1. The maximum Gasteiger partial charge on any atom is 0.257 e. The number of amides is 1. The van der Waals surface area contributed by atoms with Gasteiger partial charge in [0.1, 0.15) is 11.5 Å². The highest BCUT2D eigenvalue weighted by atomic mass is 16.5. The van der Waals surface area contributed by atoms with E-state index < -0.39 is 0 Å². The summed E-state index contributed by atoms with van der Waals surface area (Å²) in [6.07, 6.45) is 3.04. The van der Waals surface area contributed by atoms with E-state index in [-0.39, 0.29) is 11.7 Å². The third kappa shape index (κ3) is 2.28. The van der Waals surface area contributed by atoms with E-state index in [4.69, 9.17) is 4.74 Å². The number of carbonyl (C=O) groups is 1. The van der Waals surface area contributed by atoms with Crippen molar-refractivity contribution in [2.75, 3.05) is 13.7 Å². The molecule has 1 unspecified atom stereocenters. The maximum atomic E-state index is 12.4. The second-order valence-corrected chi connectivity index (χ2v) is 4.59. The summed E-state index contributed by atoms with van der Waals surface area (Å²) >= 11 is 0. The molecule has 4 heteroatoms. The summed E-state index contributed by atoms with van der Waals surface area (Å²) in [6, 6.07) is 5.04. The number of phenolic OH excluding ortho intramolecular Hbond substituents is 1. The minimum Gasteiger partial charge on any atom is -0.507 e. The minimum atomic E-state index is -0.101. The van der Waals surface area contributed by atoms with Crippen LogP contribution in [0.4, 0.5) is 0 Å². The quantitative estimate of drug-likeness (QED) is 0.895. The highest BCUT2D eigenvalue weighted by molar-refractivity contribution is 5.97. The molecule has 0 saturated carbocycles. The van der Waals surface area contributed by atoms with Gasteiger partial charge in [-0.15, -0.1) is 0 Å². The van der Waals surface area contributed by atoms with Gasteiger partial charge in [0, 0.05) is 12.6 Å². The monoisotopic (exact) mass is 249 g/mol. The molecular weight excluding hydrogens is 230 g/mol. The van der Waals surface area contributed by atoms with Crippen LogP contribution in [0.15, 0.2) is 18.2 Å². The first-order valence-corrected chi connectivity index (χ1v) is 6.35. The largest absolute Gasteiger partial charge is 0.507 e. The van der Waals surface area contributed by atoms with Crippen LogP contribution < -0.4 is 4.74 Å². The SMILES string of the molecule is CCC1CCCN1C(=O)c1cc(OC)ccc1O. The molecule has 4 nitrogen and oxygen atoms in total. The molecule has 1 amide bonds. The second kappa shape index (κ2) is 5.29. The Bertz CT molecular complexity index is 445.